The van der Waals surface area contributed by atoms with Crippen molar-refractivity contribution >= 4 is 40.2 Å². The zero-order valence-corrected chi connectivity index (χ0v) is 21.1. The van der Waals surface area contributed by atoms with Crippen LogP contribution in [-0.4, -0.2) is 109 Å². The summed E-state index contributed by atoms with van der Waals surface area (Å²) >= 11 is 0. The largest absolute Gasteiger partial charge is 0.470 e. The van der Waals surface area contributed by atoms with Crippen LogP contribution in [0.3, 0.4) is 0 Å². The number of nitrogens with zero attached hydrogens (tertiary/aromatic N) is 4. The van der Waals surface area contributed by atoms with Crippen molar-refractivity contribution in [1.82, 2.24) is 19.5 Å². The van der Waals surface area contributed by atoms with Crippen LogP contribution in [0, 0.1) is 0 Å². The summed E-state index contributed by atoms with van der Waals surface area (Å²) in [6.07, 6.45) is -7.92. The zero-order valence-electron chi connectivity index (χ0n) is 18.4. The van der Waals surface area contributed by atoms with Crippen molar-refractivity contribution in [2.75, 3.05) is 18.9 Å². The molecule has 3 heterocycles. The molecule has 37 heavy (non-hydrogen) atoms. The highest BCUT2D eigenvalue weighted by Gasteiger charge is 2.52. The highest BCUT2D eigenvalue weighted by Crippen LogP contribution is 2.47. The topological polar surface area (TPSA) is 320 Å². The lowest BCUT2D eigenvalue weighted by molar-refractivity contribution is -0.295. The van der Waals surface area contributed by atoms with Crippen molar-refractivity contribution in [3.63, 3.8) is 0 Å². The Hall–Kier alpha value is -1.44. The smallest absolute Gasteiger partial charge is 0.394 e. The zero-order chi connectivity index (χ0) is 27.8. The van der Waals surface area contributed by atoms with Crippen molar-refractivity contribution in [1.29, 1.82) is 0 Å². The van der Waals surface area contributed by atoms with E-state index in [1.165, 1.54) is 10.9 Å². The molecule has 3 rings (SSSR count). The monoisotopic (exact) mass is 595 g/mol. The molecule has 0 aromatic carbocycles. The highest BCUT2D eigenvalue weighted by atomic mass is 31.2. The van der Waals surface area contributed by atoms with Crippen molar-refractivity contribution in [3.05, 3.63) is 12.7 Å². The van der Waals surface area contributed by atoms with Crippen LogP contribution in [-0.2, 0) is 38.8 Å². The maximum absolute atomic E-state index is 12.1. The molecular weight excluding hydrogens is 571 g/mol. The Kier molecular flexibility index (Phi) is 9.24. The Morgan fingerprint density at radius 1 is 1.03 bits per heavy atom. The molecule has 210 valence electrons. The normalized spacial score (nSPS) is 26.4. The molecule has 1 fully saturated rings. The quantitative estimate of drug-likeness (QED) is 0.117. The van der Waals surface area contributed by atoms with Crippen LogP contribution in [0.4, 0.5) is 5.82 Å². The van der Waals surface area contributed by atoms with Crippen molar-refractivity contribution < 1.29 is 71.8 Å². The van der Waals surface area contributed by atoms with E-state index in [0.717, 1.165) is 6.33 Å². The van der Waals surface area contributed by atoms with E-state index in [1.54, 1.807) is 0 Å². The minimum atomic E-state index is -5.41. The van der Waals surface area contributed by atoms with E-state index < -0.39 is 79.4 Å². The van der Waals surface area contributed by atoms with Crippen LogP contribution in [0.5, 0.6) is 0 Å². The third-order valence-corrected chi connectivity index (χ3v) is 7.38. The molecule has 10 N–H and O–H groups in total. The number of imidazole rings is 1. The lowest BCUT2D eigenvalue weighted by Crippen LogP contribution is -2.60. The van der Waals surface area contributed by atoms with Crippen LogP contribution >= 0.6 is 23.2 Å². The summed E-state index contributed by atoms with van der Waals surface area (Å²) < 4.78 is 55.4. The molecule has 2 aromatic heterocycles. The number of rotatable bonds is 11. The van der Waals surface area contributed by atoms with E-state index in [9.17, 15) is 43.5 Å². The van der Waals surface area contributed by atoms with E-state index in [4.69, 9.17) is 25.0 Å². The first-order valence-electron chi connectivity index (χ1n) is 10.0. The summed E-state index contributed by atoms with van der Waals surface area (Å²) in [7, 11) is -15.7. The molecule has 0 bridgehead atoms. The van der Waals surface area contributed by atoms with E-state index in [-0.39, 0.29) is 17.0 Å². The first kappa shape index (κ1) is 30.1. The highest BCUT2D eigenvalue weighted by molar-refractivity contribution is 7.52. The van der Waals surface area contributed by atoms with E-state index in [2.05, 4.69) is 24.0 Å². The Balaban J connectivity index is 1.83. The SMILES string of the molecule is Nc1ncnc2c1ncn2C[C@@H](CO[C@H]1O[C@H](CO)[C@@H](OP(=O)(O)O)[C@H](OP(=O)(O)O)[C@H]1O)P(=O)(O)O. The molecule has 2 aromatic rings. The van der Waals surface area contributed by atoms with Gasteiger partial charge in [-0.1, -0.05) is 0 Å². The predicted octanol–water partition coefficient (Wildman–Crippen LogP) is -2.99. The molecule has 0 saturated carbocycles. The molecule has 0 radical (unpaired) electrons. The number of nitrogens with two attached hydrogens (primary N) is 1. The molecule has 1 aliphatic rings. The summed E-state index contributed by atoms with van der Waals surface area (Å²) in [6.45, 7) is -2.32. The van der Waals surface area contributed by atoms with Gasteiger partial charge in [0.25, 0.3) is 0 Å². The van der Waals surface area contributed by atoms with Gasteiger partial charge in [0.2, 0.25) is 0 Å². The predicted molar refractivity (Wildman–Crippen MR) is 117 cm³/mol. The van der Waals surface area contributed by atoms with Gasteiger partial charge in [-0.15, -0.1) is 0 Å². The average Bonchev–Trinajstić information content (AvgIpc) is 3.16. The van der Waals surface area contributed by atoms with Crippen LogP contribution in [0.25, 0.3) is 11.2 Å². The number of aliphatic hydroxyl groups is 2. The third kappa shape index (κ3) is 7.79. The number of hydrogen-bond donors (Lipinski definition) is 9. The molecule has 0 amide bonds. The summed E-state index contributed by atoms with van der Waals surface area (Å²) in [4.78, 5) is 67.9. The number of hydrogen-bond acceptors (Lipinski definition) is 13. The van der Waals surface area contributed by atoms with Crippen LogP contribution in [0.2, 0.25) is 0 Å². The molecule has 0 unspecified atom stereocenters. The molecule has 1 aliphatic heterocycles. The number of nitrogen functional groups attached to an aromatic ring is 1. The van der Waals surface area contributed by atoms with Crippen molar-refractivity contribution in [2.24, 2.45) is 0 Å². The fourth-order valence-electron chi connectivity index (χ4n) is 3.46. The fraction of sp³-hybridized carbons (Fsp3) is 0.643. The maximum atomic E-state index is 12.1. The number of aliphatic hydroxyl groups excluding tert-OH is 2. The second-order valence-electron chi connectivity index (χ2n) is 7.74. The number of phosphoric ester groups is 2. The molecule has 20 nitrogen and oxygen atoms in total. The van der Waals surface area contributed by atoms with Crippen LogP contribution < -0.4 is 5.73 Å². The van der Waals surface area contributed by atoms with Gasteiger partial charge < -0.3 is 59.3 Å². The number of aromatic nitrogens is 4. The first-order chi connectivity index (χ1) is 17.0. The number of fused-ring (bicyclic) bond motifs is 1. The van der Waals surface area contributed by atoms with Gasteiger partial charge in [0, 0.05) is 6.54 Å². The fourth-order valence-corrected chi connectivity index (χ4v) is 5.27. The second kappa shape index (κ2) is 11.4. The van der Waals surface area contributed by atoms with Gasteiger partial charge in [-0.2, -0.15) is 0 Å². The van der Waals surface area contributed by atoms with E-state index in [0.29, 0.717) is 0 Å². The second-order valence-corrected chi connectivity index (χ2v) is 12.0. The van der Waals surface area contributed by atoms with Gasteiger partial charge in [-0.25, -0.2) is 24.1 Å². The average molecular weight is 595 g/mol. The Morgan fingerprint density at radius 3 is 2.22 bits per heavy atom. The van der Waals surface area contributed by atoms with Gasteiger partial charge >= 0.3 is 23.2 Å². The van der Waals surface area contributed by atoms with Gasteiger partial charge in [0.1, 0.15) is 41.9 Å². The minimum absolute atomic E-state index is 0.0182. The molecule has 0 spiro atoms. The maximum Gasteiger partial charge on any atom is 0.470 e. The molecule has 23 heteroatoms. The van der Waals surface area contributed by atoms with Crippen LogP contribution in [0.15, 0.2) is 12.7 Å². The third-order valence-electron chi connectivity index (χ3n) is 5.08. The Morgan fingerprint density at radius 2 is 1.65 bits per heavy atom. The van der Waals surface area contributed by atoms with Gasteiger partial charge in [0.15, 0.2) is 17.8 Å². The van der Waals surface area contributed by atoms with E-state index >= 15 is 0 Å². The molecule has 1 saturated heterocycles. The molecular formula is C14H24N5O15P3. The summed E-state index contributed by atoms with van der Waals surface area (Å²) in [5, 5.41) is 20.1. The van der Waals surface area contributed by atoms with Gasteiger partial charge in [0.05, 0.1) is 19.5 Å². The lowest BCUT2D eigenvalue weighted by atomic mass is 9.99. The number of phosphoric acid groups is 2. The van der Waals surface area contributed by atoms with Gasteiger partial charge in [-0.05, 0) is 0 Å². The summed E-state index contributed by atoms with van der Waals surface area (Å²) in [5.41, 5.74) is 4.39. The van der Waals surface area contributed by atoms with Crippen molar-refractivity contribution in [3.8, 4) is 0 Å². The van der Waals surface area contributed by atoms with Gasteiger partial charge in [-0.3, -0.25) is 13.6 Å². The number of ether oxygens (including phenoxy) is 2. The number of anilines is 1. The first-order valence-corrected chi connectivity index (χ1v) is 14.7. The summed E-state index contributed by atoms with van der Waals surface area (Å²) in [5.74, 6) is 0.0182. The summed E-state index contributed by atoms with van der Waals surface area (Å²) in [6, 6.07) is 0. The minimum Gasteiger partial charge on any atom is -0.394 e. The Labute approximate surface area is 206 Å². The van der Waals surface area contributed by atoms with Crippen molar-refractivity contribution in [2.45, 2.75) is 42.9 Å². The Bertz CT molecular complexity index is 1230. The molecule has 0 aliphatic carbocycles. The van der Waals surface area contributed by atoms with Crippen LogP contribution in [0.1, 0.15) is 0 Å². The standard InChI is InChI=1S/C14H24N5O15P3/c15-12-8-13(17-4-16-12)19(5-18-8)1-6(35(22,23)24)3-31-14-9(21)11(34-37(28,29)30)10(7(2-20)32-14)33-36(25,26)27/h4-7,9-11,14,20-21H,1-3H2,(H2,15,16,17)(H2,22,23,24)(H2,25,26,27)(H2,28,29,30)/t6-,7+,9+,10+,11+,14-/m0/s1. The molecule has 6 atom stereocenters. The lowest BCUT2D eigenvalue weighted by Gasteiger charge is -2.43. The van der Waals surface area contributed by atoms with E-state index in [1.807, 2.05) is 0 Å².